The van der Waals surface area contributed by atoms with Gasteiger partial charge in [-0.2, -0.15) is 10.5 Å². The molecule has 0 aliphatic carbocycles. The van der Waals surface area contributed by atoms with Crippen LogP contribution in [0.25, 0.3) is 0 Å². The van der Waals surface area contributed by atoms with Crippen LogP contribution in [0.15, 0.2) is 52.7 Å². The molecule has 0 fully saturated rings. The molecule has 67 heavy (non-hydrogen) atoms. The van der Waals surface area contributed by atoms with Gasteiger partial charge in [-0.15, -0.1) is 21.6 Å². The first-order chi connectivity index (χ1) is 32.7. The number of ether oxygens (including phenoxy) is 5. The Bertz CT molecular complexity index is 1900. The molecule has 2 rings (SSSR count). The van der Waals surface area contributed by atoms with E-state index < -0.39 is 23.8 Å². The van der Waals surface area contributed by atoms with Gasteiger partial charge in [0.25, 0.3) is 0 Å². The lowest BCUT2D eigenvalue weighted by Gasteiger charge is -2.25. The molecule has 0 radical (unpaired) electrons. The second-order valence-corrected chi connectivity index (χ2v) is 17.4. The van der Waals surface area contributed by atoms with Gasteiger partial charge in [0.2, 0.25) is 0 Å². The monoisotopic (exact) mass is 946 g/mol. The maximum Gasteiger partial charge on any atom is 0.306 e. The van der Waals surface area contributed by atoms with Crippen molar-refractivity contribution in [2.45, 2.75) is 130 Å². The largest absolute Gasteiger partial charge is 0.463 e. The number of aldehydes is 2. The van der Waals surface area contributed by atoms with E-state index in [1.165, 1.54) is 51.4 Å². The van der Waals surface area contributed by atoms with Crippen molar-refractivity contribution >= 4 is 52.2 Å². The fourth-order valence-electron chi connectivity index (χ4n) is 6.86. The molecule has 1 aromatic carbocycles. The molecule has 0 saturated heterocycles. The lowest BCUT2D eigenvalue weighted by atomic mass is 10.0. The van der Waals surface area contributed by atoms with Crippen molar-refractivity contribution in [2.24, 2.45) is 22.1 Å². The molecule has 0 saturated carbocycles. The Morgan fingerprint density at radius 1 is 0.672 bits per heavy atom. The fourth-order valence-corrected chi connectivity index (χ4v) is 7.73. The van der Waals surface area contributed by atoms with Crippen molar-refractivity contribution in [3.8, 4) is 12.1 Å². The number of nitrogens with zero attached hydrogens (tertiary/aromatic N) is 5. The lowest BCUT2D eigenvalue weighted by molar-refractivity contribution is -0.147. The molecule has 0 N–H and O–H groups in total. The second kappa shape index (κ2) is 38.0. The van der Waals surface area contributed by atoms with E-state index in [-0.39, 0.29) is 39.3 Å². The smallest absolute Gasteiger partial charge is 0.306 e. The van der Waals surface area contributed by atoms with E-state index in [0.717, 1.165) is 60.8 Å². The minimum Gasteiger partial charge on any atom is -0.463 e. The summed E-state index contributed by atoms with van der Waals surface area (Å²) in [6, 6.07) is 9.95. The predicted molar refractivity (Wildman–Crippen MR) is 263 cm³/mol. The number of anilines is 1. The van der Waals surface area contributed by atoms with Crippen LogP contribution in [-0.4, -0.2) is 90.5 Å². The highest BCUT2D eigenvalue weighted by molar-refractivity contribution is 7.16. The van der Waals surface area contributed by atoms with Crippen LogP contribution in [0.4, 0.5) is 16.4 Å². The first kappa shape index (κ1) is 58.1. The summed E-state index contributed by atoms with van der Waals surface area (Å²) >= 11 is 1.13. The van der Waals surface area contributed by atoms with Crippen LogP contribution in [0.3, 0.4) is 0 Å². The van der Waals surface area contributed by atoms with Crippen molar-refractivity contribution in [1.29, 1.82) is 10.5 Å². The lowest BCUT2D eigenvalue weighted by Crippen LogP contribution is -2.31. The SMILES string of the molecule is CCCCCCC/C=C/CC(C=O)CC(=O)OCCOCCOCCN(CCOCCOC(=O)CC(C=O)C/C=C/CCCCCCC)c1ccc(/N=N/c2sc(C#N)c(C)c2C#N)c(C)c1. The molecule has 0 amide bonds. The molecule has 0 bridgehead atoms. The first-order valence-electron chi connectivity index (χ1n) is 24.2. The summed E-state index contributed by atoms with van der Waals surface area (Å²) in [7, 11) is 0. The molecule has 0 spiro atoms. The molecular weight excluding hydrogens is 871 g/mol. The summed E-state index contributed by atoms with van der Waals surface area (Å²) in [5, 5.41) is 28.1. The van der Waals surface area contributed by atoms with Crippen LogP contribution in [0.5, 0.6) is 0 Å². The normalized spacial score (nSPS) is 12.3. The predicted octanol–water partition coefficient (Wildman–Crippen LogP) is 11.5. The summed E-state index contributed by atoms with van der Waals surface area (Å²) in [4.78, 5) is 50.4. The summed E-state index contributed by atoms with van der Waals surface area (Å²) in [6.07, 6.45) is 25.0. The average molecular weight is 946 g/mol. The molecule has 2 aromatic rings. The Morgan fingerprint density at radius 3 is 1.66 bits per heavy atom. The number of nitriles is 2. The highest BCUT2D eigenvalue weighted by Crippen LogP contribution is 2.36. The van der Waals surface area contributed by atoms with Crippen LogP contribution >= 0.6 is 11.3 Å². The number of hydrogen-bond donors (Lipinski definition) is 0. The van der Waals surface area contributed by atoms with E-state index in [9.17, 15) is 29.7 Å². The molecule has 1 aromatic heterocycles. The Morgan fingerprint density at radius 2 is 1.18 bits per heavy atom. The Balaban J connectivity index is 1.84. The number of carbonyl (C=O) groups excluding carboxylic acids is 4. The molecule has 2 unspecified atom stereocenters. The van der Waals surface area contributed by atoms with Gasteiger partial charge in [-0.3, -0.25) is 9.59 Å². The molecule has 368 valence electrons. The van der Waals surface area contributed by atoms with Gasteiger partial charge in [0, 0.05) is 30.6 Å². The maximum atomic E-state index is 12.4. The zero-order valence-electron chi connectivity index (χ0n) is 40.6. The topological polar surface area (TPSA) is 190 Å². The van der Waals surface area contributed by atoms with Gasteiger partial charge in [-0.1, -0.05) is 89.5 Å². The Labute approximate surface area is 403 Å². The van der Waals surface area contributed by atoms with E-state index in [4.69, 9.17) is 23.7 Å². The summed E-state index contributed by atoms with van der Waals surface area (Å²) in [5.74, 6) is -1.67. The van der Waals surface area contributed by atoms with Gasteiger partial charge < -0.3 is 38.2 Å². The maximum absolute atomic E-state index is 12.4. The van der Waals surface area contributed by atoms with Crippen molar-refractivity contribution in [3.63, 3.8) is 0 Å². The van der Waals surface area contributed by atoms with Crippen molar-refractivity contribution in [2.75, 3.05) is 70.8 Å². The number of hydrogen-bond acceptors (Lipinski definition) is 15. The fraction of sp³-hybridized carbons (Fsp3) is 0.615. The molecule has 15 heteroatoms. The van der Waals surface area contributed by atoms with E-state index in [0.29, 0.717) is 79.1 Å². The van der Waals surface area contributed by atoms with Crippen LogP contribution in [0.2, 0.25) is 0 Å². The third kappa shape index (κ3) is 26.2. The number of aryl methyl sites for hydroxylation is 1. The zero-order valence-corrected chi connectivity index (χ0v) is 41.4. The third-order valence-electron chi connectivity index (χ3n) is 10.9. The standard InChI is InChI=1S/C52H75N5O9S/c1-5-7-9-11-13-15-17-19-21-44(40-58)36-50(60)65-33-31-63-28-26-57(46-23-24-48(42(3)35-46)55-56-52-47(38-53)43(4)49(39-54)67-52)25-27-62-29-30-64-32-34-66-51(61)37-45(41-59)22-20-18-16-14-12-10-8-6-2/h17-20,23-24,35,40-41,44-45H,5-16,21-22,25-34,36-37H2,1-4H3/b19-17+,20-18+,56-55+. The van der Waals surface area contributed by atoms with Gasteiger partial charge in [-0.05, 0) is 81.7 Å². The van der Waals surface area contributed by atoms with Gasteiger partial charge in [0.1, 0.15) is 42.8 Å². The number of azo groups is 1. The van der Waals surface area contributed by atoms with E-state index in [2.05, 4.69) is 53.3 Å². The second-order valence-electron chi connectivity index (χ2n) is 16.4. The van der Waals surface area contributed by atoms with Gasteiger partial charge in [-0.25, -0.2) is 0 Å². The molecule has 14 nitrogen and oxygen atoms in total. The average Bonchev–Trinajstić information content (AvgIpc) is 3.64. The van der Waals surface area contributed by atoms with E-state index >= 15 is 0 Å². The Kier molecular flexibility index (Phi) is 32.9. The molecule has 0 aliphatic heterocycles. The number of allylic oxidation sites excluding steroid dienone is 4. The van der Waals surface area contributed by atoms with Crippen molar-refractivity contribution < 1.29 is 42.9 Å². The Hall–Kier alpha value is -5.06. The minimum atomic E-state index is -0.432. The van der Waals surface area contributed by atoms with Crippen molar-refractivity contribution in [3.05, 3.63) is 64.1 Å². The summed E-state index contributed by atoms with van der Waals surface area (Å²) in [6.45, 7) is 10.9. The molecule has 2 atom stereocenters. The molecular formula is C52H75N5O9S. The number of rotatable bonds is 40. The highest BCUT2D eigenvalue weighted by atomic mass is 32.1. The number of unbranched alkanes of at least 4 members (excludes halogenated alkanes) is 10. The number of esters is 2. The van der Waals surface area contributed by atoms with E-state index in [1.807, 2.05) is 37.3 Å². The molecule has 1 heterocycles. The minimum absolute atomic E-state index is 0.0272. The van der Waals surface area contributed by atoms with Crippen LogP contribution in [0, 0.1) is 48.3 Å². The third-order valence-corrected chi connectivity index (χ3v) is 12.0. The summed E-state index contributed by atoms with van der Waals surface area (Å²) in [5.41, 5.74) is 3.28. The highest BCUT2D eigenvalue weighted by Gasteiger charge is 2.17. The van der Waals surface area contributed by atoms with Crippen LogP contribution < -0.4 is 4.90 Å². The van der Waals surface area contributed by atoms with Crippen LogP contribution in [0.1, 0.15) is 138 Å². The summed E-state index contributed by atoms with van der Waals surface area (Å²) < 4.78 is 28.0. The quantitative estimate of drug-likeness (QED) is 0.0202. The van der Waals surface area contributed by atoms with Gasteiger partial charge >= 0.3 is 11.9 Å². The van der Waals surface area contributed by atoms with Crippen molar-refractivity contribution in [1.82, 2.24) is 0 Å². The number of thiophene rings is 1. The number of carbonyl (C=O) groups is 4. The number of benzene rings is 1. The van der Waals surface area contributed by atoms with Crippen LogP contribution in [-0.2, 0) is 42.9 Å². The first-order valence-corrected chi connectivity index (χ1v) is 25.0. The zero-order chi connectivity index (χ0) is 48.7. The van der Waals surface area contributed by atoms with E-state index in [1.54, 1.807) is 6.92 Å². The van der Waals surface area contributed by atoms with Gasteiger partial charge in [0.05, 0.1) is 63.7 Å². The molecule has 0 aliphatic rings. The van der Waals surface area contributed by atoms with Gasteiger partial charge in [0.15, 0.2) is 5.00 Å².